The molecule has 34 heavy (non-hydrogen) atoms. The van der Waals surface area contributed by atoms with Gasteiger partial charge in [0.1, 0.15) is 5.75 Å². The Bertz CT molecular complexity index is 1160. The lowest BCUT2D eigenvalue weighted by molar-refractivity contribution is -0.117. The summed E-state index contributed by atoms with van der Waals surface area (Å²) < 4.78 is 33.2. The van der Waals surface area contributed by atoms with E-state index < -0.39 is 15.9 Å². The minimum atomic E-state index is -3.72. The third-order valence-electron chi connectivity index (χ3n) is 5.74. The van der Waals surface area contributed by atoms with E-state index in [4.69, 9.17) is 4.74 Å². The molecule has 9 heteroatoms. The number of benzene rings is 2. The van der Waals surface area contributed by atoms with Crippen LogP contribution in [0.15, 0.2) is 47.4 Å². The molecular formula is C25H33N3O5S. The number of hydrogen-bond donors (Lipinski definition) is 2. The van der Waals surface area contributed by atoms with Gasteiger partial charge in [-0.05, 0) is 62.6 Å². The number of ether oxygens (including phenoxy) is 1. The van der Waals surface area contributed by atoms with Gasteiger partial charge in [0.25, 0.3) is 5.91 Å². The number of anilines is 2. The lowest BCUT2D eigenvalue weighted by Gasteiger charge is -2.20. The maximum Gasteiger partial charge on any atom is 0.255 e. The van der Waals surface area contributed by atoms with Gasteiger partial charge in [-0.25, -0.2) is 8.42 Å². The third kappa shape index (κ3) is 5.95. The van der Waals surface area contributed by atoms with E-state index in [-0.39, 0.29) is 28.5 Å². The number of nitrogens with zero attached hydrogens (tertiary/aromatic N) is 1. The van der Waals surface area contributed by atoms with Crippen molar-refractivity contribution >= 4 is 33.2 Å². The number of nitrogens with one attached hydrogen (secondary N) is 2. The van der Waals surface area contributed by atoms with Gasteiger partial charge >= 0.3 is 0 Å². The van der Waals surface area contributed by atoms with E-state index >= 15 is 0 Å². The summed E-state index contributed by atoms with van der Waals surface area (Å²) in [4.78, 5) is 25.4. The van der Waals surface area contributed by atoms with Crippen molar-refractivity contribution < 1.29 is 22.7 Å². The van der Waals surface area contributed by atoms with Crippen LogP contribution in [-0.2, 0) is 14.8 Å². The summed E-state index contributed by atoms with van der Waals surface area (Å²) in [6, 6.07) is 11.1. The highest BCUT2D eigenvalue weighted by molar-refractivity contribution is 7.89. The summed E-state index contributed by atoms with van der Waals surface area (Å²) in [7, 11) is -3.72. The highest BCUT2D eigenvalue weighted by atomic mass is 32.2. The average molecular weight is 488 g/mol. The number of sulfonamides is 1. The van der Waals surface area contributed by atoms with Crippen LogP contribution in [-0.4, -0.2) is 43.7 Å². The van der Waals surface area contributed by atoms with Crippen molar-refractivity contribution in [3.63, 3.8) is 0 Å². The Hall–Kier alpha value is -2.91. The summed E-state index contributed by atoms with van der Waals surface area (Å²) >= 11 is 0. The Labute approximate surface area is 201 Å². The van der Waals surface area contributed by atoms with Crippen LogP contribution in [0, 0.1) is 11.8 Å². The topological polar surface area (TPSA) is 105 Å². The fraction of sp³-hybridized carbons (Fsp3) is 0.440. The monoisotopic (exact) mass is 487 g/mol. The fourth-order valence-corrected chi connectivity index (χ4v) is 5.18. The van der Waals surface area contributed by atoms with Crippen LogP contribution in [0.3, 0.4) is 0 Å². The van der Waals surface area contributed by atoms with Gasteiger partial charge in [-0.2, -0.15) is 4.31 Å². The SMILES string of the molecule is CCN(CC)S(=O)(=O)c1ccc(OC(C)C)c(NC(=O)c2cccc(NC(=O)C3CC3C)c2)c1. The molecular weight excluding hydrogens is 454 g/mol. The third-order valence-corrected chi connectivity index (χ3v) is 7.79. The molecule has 0 aromatic heterocycles. The molecule has 0 aliphatic heterocycles. The first-order chi connectivity index (χ1) is 16.1. The molecule has 2 atom stereocenters. The van der Waals surface area contributed by atoms with Crippen molar-refractivity contribution in [3.8, 4) is 5.75 Å². The molecule has 1 fully saturated rings. The Morgan fingerprint density at radius 3 is 2.35 bits per heavy atom. The Kier molecular flexibility index (Phi) is 7.99. The first-order valence-electron chi connectivity index (χ1n) is 11.6. The second kappa shape index (κ2) is 10.6. The highest BCUT2D eigenvalue weighted by Gasteiger charge is 2.39. The summed E-state index contributed by atoms with van der Waals surface area (Å²) in [6.07, 6.45) is 0.696. The van der Waals surface area contributed by atoms with E-state index in [0.29, 0.717) is 36.0 Å². The van der Waals surface area contributed by atoms with Crippen LogP contribution in [0.2, 0.25) is 0 Å². The second-order valence-electron chi connectivity index (χ2n) is 8.76. The number of amides is 2. The van der Waals surface area contributed by atoms with Gasteiger partial charge in [0, 0.05) is 30.3 Å². The molecule has 0 spiro atoms. The van der Waals surface area contributed by atoms with Crippen molar-refractivity contribution in [2.45, 2.75) is 52.0 Å². The maximum absolute atomic E-state index is 13.1. The molecule has 3 rings (SSSR count). The van der Waals surface area contributed by atoms with Gasteiger partial charge < -0.3 is 15.4 Å². The minimum Gasteiger partial charge on any atom is -0.489 e. The van der Waals surface area contributed by atoms with E-state index in [1.807, 2.05) is 20.8 Å². The summed E-state index contributed by atoms with van der Waals surface area (Å²) in [5.74, 6) is 0.275. The molecule has 2 aromatic carbocycles. The van der Waals surface area contributed by atoms with E-state index in [0.717, 1.165) is 6.42 Å². The lowest BCUT2D eigenvalue weighted by atomic mass is 10.1. The minimum absolute atomic E-state index is 0.0173. The first-order valence-corrected chi connectivity index (χ1v) is 13.0. The molecule has 0 radical (unpaired) electrons. The summed E-state index contributed by atoms with van der Waals surface area (Å²) in [6.45, 7) is 9.94. The largest absolute Gasteiger partial charge is 0.489 e. The van der Waals surface area contributed by atoms with Gasteiger partial charge in [-0.3, -0.25) is 9.59 Å². The van der Waals surface area contributed by atoms with Gasteiger partial charge in [0.15, 0.2) is 0 Å². The number of rotatable bonds is 10. The van der Waals surface area contributed by atoms with Crippen LogP contribution in [0.25, 0.3) is 0 Å². The molecule has 1 aliphatic rings. The van der Waals surface area contributed by atoms with Crippen molar-refractivity contribution in [1.29, 1.82) is 0 Å². The smallest absolute Gasteiger partial charge is 0.255 e. The average Bonchev–Trinajstić information content (AvgIpc) is 3.52. The molecule has 8 nitrogen and oxygen atoms in total. The maximum atomic E-state index is 13.1. The molecule has 2 N–H and O–H groups in total. The Morgan fingerprint density at radius 2 is 1.76 bits per heavy atom. The quantitative estimate of drug-likeness (QED) is 0.518. The van der Waals surface area contributed by atoms with Crippen molar-refractivity contribution in [2.75, 3.05) is 23.7 Å². The van der Waals surface area contributed by atoms with E-state index in [2.05, 4.69) is 10.6 Å². The molecule has 0 saturated heterocycles. The second-order valence-corrected chi connectivity index (χ2v) is 10.7. The standard InChI is InChI=1S/C25H33N3O5S/c1-6-28(7-2)34(31,32)20-11-12-23(33-16(3)4)22(15-20)27-24(29)18-9-8-10-19(14-18)26-25(30)21-13-17(21)5/h8-12,14-17,21H,6-7,13H2,1-5H3,(H,26,30)(H,27,29). The molecule has 0 heterocycles. The summed E-state index contributed by atoms with van der Waals surface area (Å²) in [5, 5.41) is 5.64. The van der Waals surface area contributed by atoms with Gasteiger partial charge in [-0.15, -0.1) is 0 Å². The molecule has 2 aromatic rings. The highest BCUT2D eigenvalue weighted by Crippen LogP contribution is 2.38. The van der Waals surface area contributed by atoms with Crippen LogP contribution in [0.1, 0.15) is 51.4 Å². The van der Waals surface area contributed by atoms with Crippen LogP contribution in [0.5, 0.6) is 5.75 Å². The molecule has 1 saturated carbocycles. The predicted molar refractivity (Wildman–Crippen MR) is 133 cm³/mol. The summed E-state index contributed by atoms with van der Waals surface area (Å²) in [5.41, 5.74) is 1.12. The van der Waals surface area contributed by atoms with Crippen molar-refractivity contribution in [1.82, 2.24) is 4.31 Å². The molecule has 184 valence electrons. The zero-order valence-corrected chi connectivity index (χ0v) is 21.1. The van der Waals surface area contributed by atoms with Crippen LogP contribution in [0.4, 0.5) is 11.4 Å². The van der Waals surface area contributed by atoms with E-state index in [1.54, 1.807) is 44.2 Å². The molecule has 0 bridgehead atoms. The molecule has 2 amide bonds. The zero-order chi connectivity index (χ0) is 25.0. The predicted octanol–water partition coefficient (Wildman–Crippen LogP) is 4.35. The number of carbonyl (C=O) groups is 2. The number of hydrogen-bond acceptors (Lipinski definition) is 5. The van der Waals surface area contributed by atoms with Gasteiger partial charge in [0.05, 0.1) is 16.7 Å². The van der Waals surface area contributed by atoms with Crippen molar-refractivity contribution in [2.24, 2.45) is 11.8 Å². The number of carbonyl (C=O) groups excluding carboxylic acids is 2. The zero-order valence-electron chi connectivity index (χ0n) is 20.3. The van der Waals surface area contributed by atoms with Crippen LogP contribution < -0.4 is 15.4 Å². The Morgan fingerprint density at radius 1 is 1.09 bits per heavy atom. The Balaban J connectivity index is 1.87. The van der Waals surface area contributed by atoms with E-state index in [9.17, 15) is 18.0 Å². The fourth-order valence-electron chi connectivity index (χ4n) is 3.69. The van der Waals surface area contributed by atoms with Gasteiger partial charge in [0.2, 0.25) is 15.9 Å². The first kappa shape index (κ1) is 25.7. The normalized spacial score (nSPS) is 17.5. The van der Waals surface area contributed by atoms with Gasteiger partial charge in [-0.1, -0.05) is 26.8 Å². The lowest BCUT2D eigenvalue weighted by Crippen LogP contribution is -2.30. The van der Waals surface area contributed by atoms with Crippen LogP contribution >= 0.6 is 0 Å². The van der Waals surface area contributed by atoms with E-state index in [1.165, 1.54) is 16.4 Å². The molecule has 2 unspecified atom stereocenters. The molecule has 1 aliphatic carbocycles. The van der Waals surface area contributed by atoms with Crippen molar-refractivity contribution in [3.05, 3.63) is 48.0 Å².